The molecule has 1 saturated heterocycles. The molecule has 2 unspecified atom stereocenters. The summed E-state index contributed by atoms with van der Waals surface area (Å²) in [6.07, 6.45) is 7.40. The average Bonchev–Trinajstić information content (AvgIpc) is 3.36. The Balaban J connectivity index is 1.33. The van der Waals surface area contributed by atoms with Crippen LogP contribution in [0.25, 0.3) is 0 Å². The summed E-state index contributed by atoms with van der Waals surface area (Å²) in [5.74, 6) is -0.0621. The van der Waals surface area contributed by atoms with Crippen molar-refractivity contribution in [2.24, 2.45) is 0 Å². The second-order valence-corrected chi connectivity index (χ2v) is 6.20. The number of rotatable bonds is 5. The van der Waals surface area contributed by atoms with Gasteiger partial charge in [-0.25, -0.2) is 20.5 Å². The number of carbonyl (C=O) groups excluding carboxylic acids is 1. The summed E-state index contributed by atoms with van der Waals surface area (Å²) in [7, 11) is 0. The maximum atomic E-state index is 12.5. The first-order valence-corrected chi connectivity index (χ1v) is 8.41. The van der Waals surface area contributed by atoms with Gasteiger partial charge in [-0.2, -0.15) is 5.10 Å². The molecule has 26 heavy (non-hydrogen) atoms. The van der Waals surface area contributed by atoms with Crippen LogP contribution in [0.15, 0.2) is 61.4 Å². The van der Waals surface area contributed by atoms with Crippen LogP contribution >= 0.6 is 0 Å². The summed E-state index contributed by atoms with van der Waals surface area (Å²) in [6, 6.07) is 11.4. The van der Waals surface area contributed by atoms with Gasteiger partial charge in [-0.1, -0.05) is 18.2 Å². The van der Waals surface area contributed by atoms with Crippen LogP contribution in [0.2, 0.25) is 0 Å². The van der Waals surface area contributed by atoms with Crippen molar-refractivity contribution in [3.05, 3.63) is 72.6 Å². The summed E-state index contributed by atoms with van der Waals surface area (Å²) >= 11 is 0. The molecule has 0 saturated carbocycles. The van der Waals surface area contributed by atoms with Crippen LogP contribution in [-0.2, 0) is 11.3 Å². The highest BCUT2D eigenvalue weighted by Crippen LogP contribution is 2.22. The Morgan fingerprint density at radius 1 is 1.19 bits per heavy atom. The van der Waals surface area contributed by atoms with E-state index < -0.39 is 0 Å². The van der Waals surface area contributed by atoms with E-state index in [1.807, 2.05) is 42.6 Å². The van der Waals surface area contributed by atoms with E-state index in [2.05, 4.69) is 31.2 Å². The third-order valence-corrected chi connectivity index (χ3v) is 4.34. The van der Waals surface area contributed by atoms with Gasteiger partial charge in [-0.15, -0.1) is 0 Å². The van der Waals surface area contributed by atoms with E-state index in [0.29, 0.717) is 13.0 Å². The van der Waals surface area contributed by atoms with Crippen LogP contribution in [0.3, 0.4) is 0 Å². The number of pyridine rings is 1. The van der Waals surface area contributed by atoms with Crippen molar-refractivity contribution in [3.63, 3.8) is 0 Å². The molecule has 0 aliphatic carbocycles. The first-order chi connectivity index (χ1) is 12.8. The lowest BCUT2D eigenvalue weighted by atomic mass is 10.0. The minimum atomic E-state index is -0.296. The maximum Gasteiger partial charge on any atom is 0.242 e. The van der Waals surface area contributed by atoms with Gasteiger partial charge in [0.25, 0.3) is 0 Å². The van der Waals surface area contributed by atoms with Gasteiger partial charge < -0.3 is 5.32 Å². The smallest absolute Gasteiger partial charge is 0.242 e. The van der Waals surface area contributed by atoms with E-state index in [1.54, 1.807) is 17.2 Å². The molecule has 4 rings (SSSR count). The molecule has 0 spiro atoms. The minimum Gasteiger partial charge on any atom is -0.325 e. The van der Waals surface area contributed by atoms with Crippen LogP contribution in [0, 0.1) is 0 Å². The molecule has 1 aliphatic rings. The Morgan fingerprint density at radius 3 is 2.81 bits per heavy atom. The molecule has 0 radical (unpaired) electrons. The van der Waals surface area contributed by atoms with Gasteiger partial charge in [0.05, 0.1) is 6.54 Å². The molecular weight excluding hydrogens is 330 g/mol. The molecule has 1 aliphatic heterocycles. The molecule has 3 aromatic rings. The molecule has 1 aromatic carbocycles. The van der Waals surface area contributed by atoms with Gasteiger partial charge in [0, 0.05) is 24.1 Å². The van der Waals surface area contributed by atoms with E-state index in [4.69, 9.17) is 0 Å². The number of nitrogens with one attached hydrogen (secondary N) is 3. The third kappa shape index (κ3) is 3.76. The Hall–Kier alpha value is -3.10. The van der Waals surface area contributed by atoms with Crippen LogP contribution < -0.4 is 16.2 Å². The summed E-state index contributed by atoms with van der Waals surface area (Å²) in [4.78, 5) is 20.5. The number of aromatic nitrogens is 4. The molecule has 2 atom stereocenters. The Morgan fingerprint density at radius 2 is 2.08 bits per heavy atom. The normalized spacial score (nSPS) is 19.4. The number of hydrogen-bond donors (Lipinski definition) is 3. The average molecular weight is 349 g/mol. The van der Waals surface area contributed by atoms with Gasteiger partial charge in [-0.05, 0) is 35.7 Å². The fraction of sp³-hybridized carbons (Fsp3) is 0.222. The molecule has 132 valence electrons. The fourth-order valence-corrected chi connectivity index (χ4v) is 2.95. The number of amides is 1. The lowest BCUT2D eigenvalue weighted by Gasteiger charge is -2.11. The third-order valence-electron chi connectivity index (χ3n) is 4.34. The summed E-state index contributed by atoms with van der Waals surface area (Å²) in [5.41, 5.74) is 9.13. The summed E-state index contributed by atoms with van der Waals surface area (Å²) in [5, 5.41) is 7.03. The van der Waals surface area contributed by atoms with Crippen LogP contribution in [0.4, 0.5) is 5.69 Å². The molecular formula is C18H19N7O. The van der Waals surface area contributed by atoms with Crippen molar-refractivity contribution in [2.75, 3.05) is 5.32 Å². The van der Waals surface area contributed by atoms with E-state index in [1.165, 1.54) is 6.33 Å². The fourth-order valence-electron chi connectivity index (χ4n) is 2.95. The number of anilines is 1. The zero-order valence-corrected chi connectivity index (χ0v) is 14.0. The monoisotopic (exact) mass is 349 g/mol. The highest BCUT2D eigenvalue weighted by atomic mass is 16.2. The van der Waals surface area contributed by atoms with Crippen molar-refractivity contribution in [1.82, 2.24) is 30.6 Å². The van der Waals surface area contributed by atoms with Crippen molar-refractivity contribution < 1.29 is 4.79 Å². The van der Waals surface area contributed by atoms with E-state index in [9.17, 15) is 4.79 Å². The molecule has 3 heterocycles. The Bertz CT molecular complexity index is 849. The van der Waals surface area contributed by atoms with Crippen molar-refractivity contribution in [1.29, 1.82) is 0 Å². The predicted octanol–water partition coefficient (Wildman–Crippen LogP) is 1.27. The predicted molar refractivity (Wildman–Crippen MR) is 95.9 cm³/mol. The van der Waals surface area contributed by atoms with Crippen molar-refractivity contribution in [2.45, 2.75) is 25.0 Å². The summed E-state index contributed by atoms with van der Waals surface area (Å²) in [6.45, 7) is 0.648. The van der Waals surface area contributed by atoms with Crippen LogP contribution in [0.5, 0.6) is 0 Å². The topological polar surface area (TPSA) is 96.8 Å². The van der Waals surface area contributed by atoms with Crippen LogP contribution in [0.1, 0.15) is 23.6 Å². The minimum absolute atomic E-state index is 0.0621. The molecule has 8 nitrogen and oxygen atoms in total. The van der Waals surface area contributed by atoms with Gasteiger partial charge in [0.1, 0.15) is 18.7 Å². The number of carbonyl (C=O) groups is 1. The SMILES string of the molecule is O=C(Nc1ccc(Cn2cncn2)cc1)C1CC(c2cccnc2)NN1. The molecule has 1 amide bonds. The lowest BCUT2D eigenvalue weighted by Crippen LogP contribution is -2.39. The zero-order chi connectivity index (χ0) is 17.8. The van der Waals surface area contributed by atoms with Gasteiger partial charge in [0.15, 0.2) is 0 Å². The van der Waals surface area contributed by atoms with E-state index >= 15 is 0 Å². The second-order valence-electron chi connectivity index (χ2n) is 6.20. The van der Waals surface area contributed by atoms with Crippen molar-refractivity contribution >= 4 is 11.6 Å². The number of hydrogen-bond acceptors (Lipinski definition) is 6. The number of nitrogens with zero attached hydrogens (tertiary/aromatic N) is 4. The van der Waals surface area contributed by atoms with Crippen LogP contribution in [-0.4, -0.2) is 31.7 Å². The van der Waals surface area contributed by atoms with Gasteiger partial charge in [-0.3, -0.25) is 9.78 Å². The molecule has 8 heteroatoms. The van der Waals surface area contributed by atoms with Gasteiger partial charge >= 0.3 is 0 Å². The summed E-state index contributed by atoms with van der Waals surface area (Å²) < 4.78 is 1.75. The Kier molecular flexibility index (Phi) is 4.67. The molecule has 1 fully saturated rings. The highest BCUT2D eigenvalue weighted by molar-refractivity contribution is 5.95. The highest BCUT2D eigenvalue weighted by Gasteiger charge is 2.30. The number of hydrazine groups is 1. The molecule has 3 N–H and O–H groups in total. The molecule has 0 bridgehead atoms. The first-order valence-electron chi connectivity index (χ1n) is 8.41. The lowest BCUT2D eigenvalue weighted by molar-refractivity contribution is -0.117. The zero-order valence-electron chi connectivity index (χ0n) is 14.0. The van der Waals surface area contributed by atoms with Gasteiger partial charge in [0.2, 0.25) is 5.91 Å². The molecule has 2 aromatic heterocycles. The van der Waals surface area contributed by atoms with E-state index in [0.717, 1.165) is 16.8 Å². The standard InChI is InChI=1S/C18H19N7O/c26-18(17-8-16(23-24-17)14-2-1-7-19-9-14)22-15-5-3-13(4-6-15)10-25-12-20-11-21-25/h1-7,9,11-12,16-17,23-24H,8,10H2,(H,22,26). The largest absolute Gasteiger partial charge is 0.325 e. The maximum absolute atomic E-state index is 12.5. The first kappa shape index (κ1) is 16.4. The Labute approximate surface area is 150 Å². The van der Waals surface area contributed by atoms with Crippen molar-refractivity contribution in [3.8, 4) is 0 Å². The number of benzene rings is 1. The second kappa shape index (κ2) is 7.42. The quantitative estimate of drug-likeness (QED) is 0.642. The van der Waals surface area contributed by atoms with E-state index in [-0.39, 0.29) is 18.0 Å².